The van der Waals surface area contributed by atoms with Gasteiger partial charge in [0.1, 0.15) is 11.6 Å². The first-order valence-corrected chi connectivity index (χ1v) is 9.57. The molecule has 1 N–H and O–H groups in total. The van der Waals surface area contributed by atoms with Crippen molar-refractivity contribution in [1.82, 2.24) is 14.3 Å². The summed E-state index contributed by atoms with van der Waals surface area (Å²) in [4.78, 5) is 10.2. The lowest BCUT2D eigenvalue weighted by atomic mass is 10.2. The summed E-state index contributed by atoms with van der Waals surface area (Å²) in [6.07, 6.45) is 5.96. The second-order valence-corrected chi connectivity index (χ2v) is 8.41. The molecule has 0 atom stereocenters. The molecule has 0 bridgehead atoms. The Morgan fingerprint density at radius 1 is 1.29 bits per heavy atom. The molecule has 0 amide bonds. The SMILES string of the molecule is CC(C)c1nsc(Nc2ncc(Br)cc2[SH]2C=CC=C2)n1. The molecule has 110 valence electrons. The molecule has 0 saturated heterocycles. The smallest absolute Gasteiger partial charge is 0.208 e. The monoisotopic (exact) mass is 382 g/mol. The highest BCUT2D eigenvalue weighted by atomic mass is 79.9. The predicted octanol–water partition coefficient (Wildman–Crippen LogP) is 4.96. The number of nitrogens with zero attached hydrogens (tertiary/aromatic N) is 3. The van der Waals surface area contributed by atoms with Crippen LogP contribution in [0.5, 0.6) is 0 Å². The number of thiol groups is 1. The molecule has 4 nitrogen and oxygen atoms in total. The Morgan fingerprint density at radius 3 is 2.71 bits per heavy atom. The minimum Gasteiger partial charge on any atom is -0.314 e. The van der Waals surface area contributed by atoms with Gasteiger partial charge in [-0.15, -0.1) is 0 Å². The number of halogens is 1. The fraction of sp³-hybridized carbons (Fsp3) is 0.214. The molecular weight excluding hydrogens is 368 g/mol. The van der Waals surface area contributed by atoms with Crippen molar-refractivity contribution in [2.45, 2.75) is 24.7 Å². The number of allylic oxidation sites excluding steroid dienone is 2. The van der Waals surface area contributed by atoms with Crippen LogP contribution in [0.2, 0.25) is 0 Å². The maximum Gasteiger partial charge on any atom is 0.208 e. The highest BCUT2D eigenvalue weighted by Crippen LogP contribution is 2.46. The van der Waals surface area contributed by atoms with E-state index in [1.165, 1.54) is 16.4 Å². The van der Waals surface area contributed by atoms with E-state index in [4.69, 9.17) is 0 Å². The first-order valence-electron chi connectivity index (χ1n) is 6.53. The number of hydrogen-bond acceptors (Lipinski definition) is 5. The normalized spacial score (nSPS) is 15.1. The van der Waals surface area contributed by atoms with Crippen LogP contribution in [0.3, 0.4) is 0 Å². The van der Waals surface area contributed by atoms with Gasteiger partial charge in [0.05, 0.1) is 0 Å². The van der Waals surface area contributed by atoms with E-state index in [9.17, 15) is 0 Å². The van der Waals surface area contributed by atoms with E-state index in [-0.39, 0.29) is 0 Å². The van der Waals surface area contributed by atoms with Crippen LogP contribution in [0.15, 0.2) is 44.6 Å². The van der Waals surface area contributed by atoms with Gasteiger partial charge in [-0.1, -0.05) is 26.0 Å². The van der Waals surface area contributed by atoms with Crippen molar-refractivity contribution in [3.63, 3.8) is 0 Å². The van der Waals surface area contributed by atoms with Crippen molar-refractivity contribution in [2.24, 2.45) is 0 Å². The molecule has 0 saturated carbocycles. The van der Waals surface area contributed by atoms with Crippen molar-refractivity contribution >= 4 is 49.3 Å². The van der Waals surface area contributed by atoms with Crippen LogP contribution in [-0.2, 0) is 0 Å². The molecule has 0 radical (unpaired) electrons. The number of rotatable bonds is 4. The van der Waals surface area contributed by atoms with Crippen molar-refractivity contribution < 1.29 is 0 Å². The molecule has 2 aromatic rings. The van der Waals surface area contributed by atoms with Crippen LogP contribution in [-0.4, -0.2) is 14.3 Å². The molecule has 2 aromatic heterocycles. The standard InChI is InChI=1S/C14H15BrN4S2/c1-9(2)12-17-14(20-19-12)18-13-11(7-10(15)8-16-13)21-5-3-4-6-21/h3-9,21H,1-2H3,(H,16,17,18,19). The molecule has 21 heavy (non-hydrogen) atoms. The van der Waals surface area contributed by atoms with E-state index in [0.29, 0.717) is 5.92 Å². The Labute approximate surface area is 139 Å². The first-order chi connectivity index (χ1) is 10.1. The van der Waals surface area contributed by atoms with Gasteiger partial charge in [0.2, 0.25) is 5.13 Å². The van der Waals surface area contributed by atoms with E-state index in [1.54, 1.807) is 6.20 Å². The fourth-order valence-corrected chi connectivity index (χ4v) is 4.69. The molecule has 7 heteroatoms. The highest BCUT2D eigenvalue weighted by molar-refractivity contribution is 9.10. The van der Waals surface area contributed by atoms with Gasteiger partial charge >= 0.3 is 0 Å². The summed E-state index contributed by atoms with van der Waals surface area (Å²) < 4.78 is 5.35. The number of pyridine rings is 1. The average Bonchev–Trinajstić information content (AvgIpc) is 3.11. The molecular formula is C14H15BrN4S2. The van der Waals surface area contributed by atoms with Gasteiger partial charge in [0.15, 0.2) is 0 Å². The van der Waals surface area contributed by atoms with Gasteiger partial charge in [-0.2, -0.15) is 15.3 Å². The Kier molecular flexibility index (Phi) is 4.42. The average molecular weight is 383 g/mol. The summed E-state index contributed by atoms with van der Waals surface area (Å²) in [7, 11) is -0.439. The molecule has 0 unspecified atom stereocenters. The Hall–Kier alpha value is -1.18. The molecule has 0 aliphatic carbocycles. The second-order valence-electron chi connectivity index (χ2n) is 4.85. The third kappa shape index (κ3) is 3.36. The lowest BCUT2D eigenvalue weighted by Crippen LogP contribution is -1.97. The molecule has 3 rings (SSSR count). The highest BCUT2D eigenvalue weighted by Gasteiger charge is 2.14. The molecule has 0 fully saturated rings. The van der Waals surface area contributed by atoms with E-state index < -0.39 is 10.9 Å². The van der Waals surface area contributed by atoms with Crippen molar-refractivity contribution in [3.8, 4) is 0 Å². The van der Waals surface area contributed by atoms with Crippen LogP contribution in [0.1, 0.15) is 25.6 Å². The minimum absolute atomic E-state index is 0.333. The molecule has 1 aliphatic heterocycles. The van der Waals surface area contributed by atoms with Crippen LogP contribution in [0, 0.1) is 0 Å². The zero-order valence-corrected chi connectivity index (χ0v) is 14.9. The van der Waals surface area contributed by atoms with Gasteiger partial charge in [-0.25, -0.2) is 9.97 Å². The van der Waals surface area contributed by atoms with Gasteiger partial charge in [-0.3, -0.25) is 0 Å². The summed E-state index contributed by atoms with van der Waals surface area (Å²) in [6.45, 7) is 4.18. The zero-order valence-electron chi connectivity index (χ0n) is 11.6. The Morgan fingerprint density at radius 2 is 2.05 bits per heavy atom. The van der Waals surface area contributed by atoms with Crippen LogP contribution < -0.4 is 5.32 Å². The van der Waals surface area contributed by atoms with Gasteiger partial charge in [-0.05, 0) is 32.8 Å². The summed E-state index contributed by atoms with van der Waals surface area (Å²) in [5.74, 6) is 2.05. The summed E-state index contributed by atoms with van der Waals surface area (Å²) in [5, 5.41) is 8.53. The Bertz CT molecular complexity index is 697. The van der Waals surface area contributed by atoms with Gasteiger partial charge in [0.25, 0.3) is 0 Å². The number of nitrogens with one attached hydrogen (secondary N) is 1. The first kappa shape index (κ1) is 14.7. The van der Waals surface area contributed by atoms with Gasteiger partial charge in [0, 0.05) is 33.0 Å². The van der Waals surface area contributed by atoms with Crippen molar-refractivity contribution in [3.05, 3.63) is 45.5 Å². The van der Waals surface area contributed by atoms with Crippen LogP contribution in [0.25, 0.3) is 0 Å². The summed E-state index contributed by atoms with van der Waals surface area (Å²) in [5.41, 5.74) is 0. The predicted molar refractivity (Wildman–Crippen MR) is 94.7 cm³/mol. The topological polar surface area (TPSA) is 50.7 Å². The van der Waals surface area contributed by atoms with Crippen molar-refractivity contribution in [2.75, 3.05) is 5.32 Å². The quantitative estimate of drug-likeness (QED) is 0.733. The summed E-state index contributed by atoms with van der Waals surface area (Å²) >= 11 is 4.87. The van der Waals surface area contributed by atoms with E-state index in [0.717, 1.165) is 21.2 Å². The van der Waals surface area contributed by atoms with Crippen LogP contribution >= 0.6 is 38.4 Å². The lowest BCUT2D eigenvalue weighted by Gasteiger charge is -2.15. The third-order valence-electron chi connectivity index (χ3n) is 2.90. The number of aromatic nitrogens is 3. The van der Waals surface area contributed by atoms with Gasteiger partial charge < -0.3 is 5.32 Å². The van der Waals surface area contributed by atoms with Crippen LogP contribution in [0.4, 0.5) is 10.9 Å². The summed E-state index contributed by atoms with van der Waals surface area (Å²) in [6, 6.07) is 2.12. The second kappa shape index (κ2) is 6.29. The molecule has 3 heterocycles. The maximum atomic E-state index is 4.51. The van der Waals surface area contributed by atoms with E-state index >= 15 is 0 Å². The molecule has 0 spiro atoms. The molecule has 1 aliphatic rings. The maximum absolute atomic E-state index is 4.51. The molecule has 0 aromatic carbocycles. The van der Waals surface area contributed by atoms with Crippen molar-refractivity contribution in [1.29, 1.82) is 0 Å². The lowest BCUT2D eigenvalue weighted by molar-refractivity contribution is 0.800. The number of anilines is 2. The zero-order chi connectivity index (χ0) is 14.8. The Balaban J connectivity index is 1.90. The largest absolute Gasteiger partial charge is 0.314 e. The number of hydrogen-bond donors (Lipinski definition) is 2. The van der Waals surface area contributed by atoms with E-state index in [2.05, 4.69) is 78.5 Å². The third-order valence-corrected chi connectivity index (χ3v) is 5.86. The fourth-order valence-electron chi connectivity index (χ4n) is 1.84. The van der Waals surface area contributed by atoms with E-state index in [1.807, 2.05) is 0 Å². The minimum atomic E-state index is -0.439.